The van der Waals surface area contributed by atoms with E-state index in [0.717, 1.165) is 17.9 Å². The van der Waals surface area contributed by atoms with E-state index in [9.17, 15) is 9.18 Å². The minimum atomic E-state index is -0.405. The van der Waals surface area contributed by atoms with Crippen LogP contribution < -0.4 is 5.32 Å². The highest BCUT2D eigenvalue weighted by Crippen LogP contribution is 2.18. The zero-order valence-corrected chi connectivity index (χ0v) is 12.9. The van der Waals surface area contributed by atoms with Crippen molar-refractivity contribution < 1.29 is 9.18 Å². The van der Waals surface area contributed by atoms with Gasteiger partial charge in [0.2, 0.25) is 0 Å². The molecule has 1 N–H and O–H groups in total. The van der Waals surface area contributed by atoms with Crippen LogP contribution in [0.15, 0.2) is 22.7 Å². The number of hydrogen-bond donors (Lipinski definition) is 1. The predicted molar refractivity (Wildman–Crippen MR) is 78.6 cm³/mol. The minimum absolute atomic E-state index is 0.0896. The summed E-state index contributed by atoms with van der Waals surface area (Å²) < 4.78 is 13.7. The van der Waals surface area contributed by atoms with E-state index in [1.165, 1.54) is 12.1 Å². The first-order valence-electron chi connectivity index (χ1n) is 5.88. The van der Waals surface area contributed by atoms with Crippen LogP contribution in [0.5, 0.6) is 0 Å². The number of nitrogens with one attached hydrogen (secondary N) is 1. The van der Waals surface area contributed by atoms with Crippen LogP contribution in [0.4, 0.5) is 4.39 Å². The Morgan fingerprint density at radius 2 is 2.28 bits per heavy atom. The summed E-state index contributed by atoms with van der Waals surface area (Å²) in [7, 11) is 0. The topological polar surface area (TPSA) is 29.1 Å². The standard InChI is InChI=1S/C13H17BrFNOS/c1-3-18-7-6-9(2)16-13(17)11-8-10(15)4-5-12(11)14/h4-5,8-9H,3,6-7H2,1-2H3,(H,16,17). The predicted octanol–water partition coefficient (Wildman–Crippen LogP) is 3.85. The number of carbonyl (C=O) groups is 1. The molecule has 0 saturated carbocycles. The molecule has 0 aromatic heterocycles. The third-order valence-corrected chi connectivity index (χ3v) is 4.07. The monoisotopic (exact) mass is 333 g/mol. The normalized spacial score (nSPS) is 12.2. The summed E-state index contributed by atoms with van der Waals surface area (Å²) >= 11 is 5.10. The highest BCUT2D eigenvalue weighted by atomic mass is 79.9. The Bertz CT molecular complexity index is 414. The summed E-state index contributed by atoms with van der Waals surface area (Å²) in [6.45, 7) is 4.07. The van der Waals surface area contributed by atoms with Crippen molar-refractivity contribution in [3.8, 4) is 0 Å². The van der Waals surface area contributed by atoms with Gasteiger partial charge in [-0.05, 0) is 59.0 Å². The summed E-state index contributed by atoms with van der Waals surface area (Å²) in [4.78, 5) is 11.9. The molecule has 1 atom stereocenters. The largest absolute Gasteiger partial charge is 0.350 e. The van der Waals surface area contributed by atoms with Gasteiger partial charge in [0.15, 0.2) is 0 Å². The van der Waals surface area contributed by atoms with Crippen LogP contribution in [0.2, 0.25) is 0 Å². The lowest BCUT2D eigenvalue weighted by molar-refractivity contribution is 0.0938. The highest BCUT2D eigenvalue weighted by molar-refractivity contribution is 9.10. The summed E-state index contributed by atoms with van der Waals surface area (Å²) in [5.74, 6) is 1.45. The lowest BCUT2D eigenvalue weighted by Crippen LogP contribution is -2.33. The number of amides is 1. The number of benzene rings is 1. The number of carbonyl (C=O) groups excluding carboxylic acids is 1. The molecule has 0 aliphatic carbocycles. The molecular formula is C13H17BrFNOS. The minimum Gasteiger partial charge on any atom is -0.350 e. The van der Waals surface area contributed by atoms with Crippen LogP contribution in [0.3, 0.4) is 0 Å². The molecule has 1 rings (SSSR count). The van der Waals surface area contributed by atoms with Crippen LogP contribution in [-0.4, -0.2) is 23.5 Å². The van der Waals surface area contributed by atoms with Gasteiger partial charge >= 0.3 is 0 Å². The fourth-order valence-electron chi connectivity index (χ4n) is 1.45. The lowest BCUT2D eigenvalue weighted by atomic mass is 10.2. The first-order valence-corrected chi connectivity index (χ1v) is 7.83. The van der Waals surface area contributed by atoms with Gasteiger partial charge in [-0.3, -0.25) is 4.79 Å². The van der Waals surface area contributed by atoms with E-state index in [1.54, 1.807) is 6.07 Å². The van der Waals surface area contributed by atoms with Crippen molar-refractivity contribution in [2.24, 2.45) is 0 Å². The Labute approximate surface area is 120 Å². The van der Waals surface area contributed by atoms with Gasteiger partial charge in [-0.2, -0.15) is 11.8 Å². The van der Waals surface area contributed by atoms with Crippen molar-refractivity contribution in [1.29, 1.82) is 0 Å². The number of thioether (sulfide) groups is 1. The van der Waals surface area contributed by atoms with E-state index >= 15 is 0 Å². The molecule has 1 aromatic rings. The van der Waals surface area contributed by atoms with E-state index in [4.69, 9.17) is 0 Å². The van der Waals surface area contributed by atoms with Gasteiger partial charge in [-0.25, -0.2) is 4.39 Å². The SMILES string of the molecule is CCSCCC(C)NC(=O)c1cc(F)ccc1Br. The van der Waals surface area contributed by atoms with Crippen LogP contribution in [0, 0.1) is 5.82 Å². The van der Waals surface area contributed by atoms with E-state index in [0.29, 0.717) is 10.0 Å². The number of halogens is 2. The molecule has 5 heteroatoms. The Morgan fingerprint density at radius 3 is 2.94 bits per heavy atom. The molecule has 1 aromatic carbocycles. The van der Waals surface area contributed by atoms with E-state index in [2.05, 4.69) is 28.2 Å². The fraction of sp³-hybridized carbons (Fsp3) is 0.462. The van der Waals surface area contributed by atoms with Gasteiger partial charge in [0.1, 0.15) is 5.82 Å². The summed E-state index contributed by atoms with van der Waals surface area (Å²) in [6.07, 6.45) is 0.914. The molecule has 0 aliphatic rings. The quantitative estimate of drug-likeness (QED) is 0.801. The van der Waals surface area contributed by atoms with Crippen LogP contribution in [0.1, 0.15) is 30.6 Å². The maximum absolute atomic E-state index is 13.1. The zero-order valence-electron chi connectivity index (χ0n) is 10.5. The third-order valence-electron chi connectivity index (χ3n) is 2.45. The van der Waals surface area contributed by atoms with Crippen molar-refractivity contribution in [3.05, 3.63) is 34.1 Å². The molecule has 0 spiro atoms. The van der Waals surface area contributed by atoms with Gasteiger partial charge < -0.3 is 5.32 Å². The molecule has 0 fully saturated rings. The molecule has 0 heterocycles. The Hall–Kier alpha value is -0.550. The summed E-state index contributed by atoms with van der Waals surface area (Å²) in [6, 6.07) is 4.20. The zero-order chi connectivity index (χ0) is 13.5. The second-order valence-electron chi connectivity index (χ2n) is 3.98. The van der Waals surface area contributed by atoms with E-state index < -0.39 is 5.82 Å². The molecule has 0 saturated heterocycles. The molecule has 100 valence electrons. The number of hydrogen-bond acceptors (Lipinski definition) is 2. The first-order chi connectivity index (χ1) is 8.54. The molecule has 1 amide bonds. The summed E-state index contributed by atoms with van der Waals surface area (Å²) in [5, 5.41) is 2.87. The third kappa shape index (κ3) is 4.98. The second kappa shape index (κ2) is 7.79. The van der Waals surface area contributed by atoms with Crippen LogP contribution in [0.25, 0.3) is 0 Å². The Balaban J connectivity index is 2.56. The molecule has 0 radical (unpaired) electrons. The Kier molecular flexibility index (Phi) is 6.71. The molecular weight excluding hydrogens is 317 g/mol. The molecule has 1 unspecified atom stereocenters. The average Bonchev–Trinajstić information content (AvgIpc) is 2.32. The molecule has 0 bridgehead atoms. The maximum atomic E-state index is 13.1. The maximum Gasteiger partial charge on any atom is 0.252 e. The van der Waals surface area contributed by atoms with Crippen molar-refractivity contribution in [2.45, 2.75) is 26.3 Å². The second-order valence-corrected chi connectivity index (χ2v) is 6.23. The average molecular weight is 334 g/mol. The highest BCUT2D eigenvalue weighted by Gasteiger charge is 2.13. The van der Waals surface area contributed by atoms with Gasteiger partial charge in [-0.15, -0.1) is 0 Å². The molecule has 18 heavy (non-hydrogen) atoms. The van der Waals surface area contributed by atoms with Crippen LogP contribution in [-0.2, 0) is 0 Å². The van der Waals surface area contributed by atoms with Crippen molar-refractivity contribution >= 4 is 33.6 Å². The van der Waals surface area contributed by atoms with E-state index in [1.807, 2.05) is 18.7 Å². The first kappa shape index (κ1) is 15.5. The van der Waals surface area contributed by atoms with E-state index in [-0.39, 0.29) is 11.9 Å². The van der Waals surface area contributed by atoms with Crippen molar-refractivity contribution in [3.63, 3.8) is 0 Å². The van der Waals surface area contributed by atoms with Crippen molar-refractivity contribution in [1.82, 2.24) is 5.32 Å². The smallest absolute Gasteiger partial charge is 0.252 e. The van der Waals surface area contributed by atoms with Gasteiger partial charge in [0.05, 0.1) is 5.56 Å². The molecule has 2 nitrogen and oxygen atoms in total. The van der Waals surface area contributed by atoms with Gasteiger partial charge in [0, 0.05) is 10.5 Å². The fourth-order valence-corrected chi connectivity index (χ4v) is 2.69. The lowest BCUT2D eigenvalue weighted by Gasteiger charge is -2.14. The van der Waals surface area contributed by atoms with Gasteiger partial charge in [0.25, 0.3) is 5.91 Å². The summed E-state index contributed by atoms with van der Waals surface area (Å²) in [5.41, 5.74) is 0.338. The molecule has 0 aliphatic heterocycles. The van der Waals surface area contributed by atoms with Crippen LogP contribution >= 0.6 is 27.7 Å². The Morgan fingerprint density at radius 1 is 1.56 bits per heavy atom. The van der Waals surface area contributed by atoms with Crippen molar-refractivity contribution in [2.75, 3.05) is 11.5 Å². The van der Waals surface area contributed by atoms with Gasteiger partial charge in [-0.1, -0.05) is 6.92 Å². The number of rotatable bonds is 6.